The summed E-state index contributed by atoms with van der Waals surface area (Å²) in [5.74, 6) is -0.0580. The Bertz CT molecular complexity index is 749. The Morgan fingerprint density at radius 1 is 1.50 bits per heavy atom. The molecule has 0 spiro atoms. The summed E-state index contributed by atoms with van der Waals surface area (Å²) in [7, 11) is 0. The molecule has 1 aliphatic rings. The number of hydrogen-bond donors (Lipinski definition) is 0. The Labute approximate surface area is 131 Å². The van der Waals surface area contributed by atoms with Crippen LogP contribution in [0.15, 0.2) is 11.4 Å². The fourth-order valence-corrected chi connectivity index (χ4v) is 3.68. The van der Waals surface area contributed by atoms with Crippen molar-refractivity contribution >= 4 is 22.9 Å². The molecule has 116 valence electrons. The van der Waals surface area contributed by atoms with Gasteiger partial charge in [0, 0.05) is 18.0 Å². The molecule has 0 N–H and O–H groups in total. The van der Waals surface area contributed by atoms with Crippen molar-refractivity contribution in [3.05, 3.63) is 43.4 Å². The van der Waals surface area contributed by atoms with E-state index in [2.05, 4.69) is 5.10 Å². The van der Waals surface area contributed by atoms with Crippen LogP contribution in [0.1, 0.15) is 21.8 Å². The summed E-state index contributed by atoms with van der Waals surface area (Å²) >= 11 is 1.72. The van der Waals surface area contributed by atoms with Crippen LogP contribution in [0.3, 0.4) is 0 Å². The summed E-state index contributed by atoms with van der Waals surface area (Å²) in [4.78, 5) is 26.1. The van der Waals surface area contributed by atoms with Crippen molar-refractivity contribution in [2.45, 2.75) is 33.4 Å². The molecule has 3 heterocycles. The first kappa shape index (κ1) is 14.7. The molecular formula is C14H16N4O3S. The number of thiophene rings is 1. The lowest BCUT2D eigenvalue weighted by Crippen LogP contribution is -2.37. The van der Waals surface area contributed by atoms with Gasteiger partial charge in [0.05, 0.1) is 4.92 Å². The first-order chi connectivity index (χ1) is 10.5. The lowest BCUT2D eigenvalue weighted by Gasteiger charge is -2.27. The second kappa shape index (κ2) is 5.53. The molecule has 7 nitrogen and oxygen atoms in total. The van der Waals surface area contributed by atoms with Gasteiger partial charge in [0.1, 0.15) is 17.9 Å². The van der Waals surface area contributed by atoms with Crippen LogP contribution >= 0.6 is 11.3 Å². The zero-order chi connectivity index (χ0) is 15.9. The molecule has 8 heteroatoms. The number of carbonyl (C=O) groups excluding carboxylic acids is 1. The molecule has 3 rings (SSSR count). The van der Waals surface area contributed by atoms with Gasteiger partial charge >= 0.3 is 5.69 Å². The number of fused-ring (bicyclic) bond motifs is 1. The Balaban J connectivity index is 1.76. The minimum absolute atomic E-state index is 0.00781. The Morgan fingerprint density at radius 3 is 2.95 bits per heavy atom. The van der Waals surface area contributed by atoms with E-state index in [1.807, 2.05) is 11.4 Å². The molecule has 0 aromatic carbocycles. The molecule has 22 heavy (non-hydrogen) atoms. The predicted octanol–water partition coefficient (Wildman–Crippen LogP) is 2.05. The van der Waals surface area contributed by atoms with Gasteiger partial charge in [0.25, 0.3) is 0 Å². The molecule has 0 aliphatic carbocycles. The monoisotopic (exact) mass is 320 g/mol. The number of nitrogens with zero attached hydrogens (tertiary/aromatic N) is 4. The van der Waals surface area contributed by atoms with E-state index in [1.165, 1.54) is 15.1 Å². The third-order valence-corrected chi connectivity index (χ3v) is 4.99. The van der Waals surface area contributed by atoms with E-state index in [0.29, 0.717) is 24.5 Å². The molecule has 0 saturated heterocycles. The van der Waals surface area contributed by atoms with Crippen molar-refractivity contribution < 1.29 is 9.72 Å². The molecule has 2 aromatic heterocycles. The summed E-state index contributed by atoms with van der Waals surface area (Å²) in [6, 6.07) is 2.05. The maximum Gasteiger partial charge on any atom is 0.312 e. The second-order valence-corrected chi connectivity index (χ2v) is 6.37. The smallest absolute Gasteiger partial charge is 0.312 e. The van der Waals surface area contributed by atoms with Gasteiger partial charge in [-0.15, -0.1) is 11.3 Å². The van der Waals surface area contributed by atoms with Crippen molar-refractivity contribution in [2.75, 3.05) is 6.54 Å². The Hall–Kier alpha value is -2.22. The van der Waals surface area contributed by atoms with Gasteiger partial charge in [-0.1, -0.05) is 0 Å². The van der Waals surface area contributed by atoms with Crippen LogP contribution in [0.25, 0.3) is 0 Å². The number of aryl methyl sites for hydroxylation is 1. The second-order valence-electron chi connectivity index (χ2n) is 5.37. The van der Waals surface area contributed by atoms with Crippen LogP contribution in [0.2, 0.25) is 0 Å². The summed E-state index contributed by atoms with van der Waals surface area (Å²) in [6.07, 6.45) is 0.871. The number of nitro groups is 1. The van der Waals surface area contributed by atoms with E-state index in [-0.39, 0.29) is 18.1 Å². The highest BCUT2D eigenvalue weighted by molar-refractivity contribution is 7.10. The largest absolute Gasteiger partial charge is 0.336 e. The summed E-state index contributed by atoms with van der Waals surface area (Å²) in [5, 5.41) is 17.2. The molecule has 1 amide bonds. The zero-order valence-corrected chi connectivity index (χ0v) is 13.2. The molecule has 2 aromatic rings. The van der Waals surface area contributed by atoms with Crippen molar-refractivity contribution in [1.29, 1.82) is 0 Å². The highest BCUT2D eigenvalue weighted by Crippen LogP contribution is 2.25. The van der Waals surface area contributed by atoms with Crippen molar-refractivity contribution in [3.8, 4) is 0 Å². The number of hydrogen-bond acceptors (Lipinski definition) is 5. The highest BCUT2D eigenvalue weighted by Gasteiger charge is 2.26. The maximum absolute atomic E-state index is 12.4. The molecule has 0 fully saturated rings. The van der Waals surface area contributed by atoms with Crippen LogP contribution in [0, 0.1) is 24.0 Å². The highest BCUT2D eigenvalue weighted by atomic mass is 32.1. The van der Waals surface area contributed by atoms with Crippen LogP contribution < -0.4 is 0 Å². The van der Waals surface area contributed by atoms with Gasteiger partial charge in [-0.05, 0) is 37.3 Å². The Kier molecular flexibility index (Phi) is 3.69. The fourth-order valence-electron chi connectivity index (χ4n) is 2.80. The lowest BCUT2D eigenvalue weighted by atomic mass is 10.1. The number of carbonyl (C=O) groups is 1. The van der Waals surface area contributed by atoms with E-state index in [1.54, 1.807) is 30.1 Å². The zero-order valence-electron chi connectivity index (χ0n) is 12.4. The normalized spacial score (nSPS) is 14.0. The summed E-state index contributed by atoms with van der Waals surface area (Å²) in [5.41, 5.74) is 1.95. The summed E-state index contributed by atoms with van der Waals surface area (Å²) in [6.45, 7) is 4.55. The quantitative estimate of drug-likeness (QED) is 0.640. The topological polar surface area (TPSA) is 81.3 Å². The fraction of sp³-hybridized carbons (Fsp3) is 0.429. The van der Waals surface area contributed by atoms with Gasteiger partial charge in [-0.3, -0.25) is 19.6 Å². The minimum Gasteiger partial charge on any atom is -0.336 e. The van der Waals surface area contributed by atoms with E-state index in [0.717, 1.165) is 6.42 Å². The van der Waals surface area contributed by atoms with Gasteiger partial charge < -0.3 is 4.90 Å². The van der Waals surface area contributed by atoms with Crippen LogP contribution in [0.4, 0.5) is 5.69 Å². The van der Waals surface area contributed by atoms with Crippen LogP contribution in [0.5, 0.6) is 0 Å². The van der Waals surface area contributed by atoms with E-state index in [9.17, 15) is 14.9 Å². The molecule has 0 atom stereocenters. The lowest BCUT2D eigenvalue weighted by molar-refractivity contribution is -0.386. The SMILES string of the molecule is Cc1nn(CC(=O)N2CCc3sccc3C2)c(C)c1[N+](=O)[O-]. The molecule has 0 radical (unpaired) electrons. The molecule has 0 unspecified atom stereocenters. The third kappa shape index (κ3) is 2.50. The number of aromatic nitrogens is 2. The maximum atomic E-state index is 12.4. The van der Waals surface area contributed by atoms with E-state index >= 15 is 0 Å². The van der Waals surface area contributed by atoms with Crippen LogP contribution in [-0.4, -0.2) is 32.1 Å². The first-order valence-electron chi connectivity index (χ1n) is 6.98. The standard InChI is InChI=1S/C14H16N4O3S/c1-9-14(18(20)21)10(2)17(15-9)8-13(19)16-5-3-12-11(7-16)4-6-22-12/h4,6H,3,5,7-8H2,1-2H3. The molecular weight excluding hydrogens is 304 g/mol. The van der Waals surface area contributed by atoms with E-state index < -0.39 is 4.92 Å². The van der Waals surface area contributed by atoms with Crippen molar-refractivity contribution in [2.24, 2.45) is 0 Å². The minimum atomic E-state index is -0.447. The summed E-state index contributed by atoms with van der Waals surface area (Å²) < 4.78 is 1.43. The number of rotatable bonds is 3. The molecule has 0 bridgehead atoms. The first-order valence-corrected chi connectivity index (χ1v) is 7.86. The van der Waals surface area contributed by atoms with Crippen LogP contribution in [-0.2, 0) is 24.3 Å². The van der Waals surface area contributed by atoms with Crippen molar-refractivity contribution in [1.82, 2.24) is 14.7 Å². The van der Waals surface area contributed by atoms with Gasteiger partial charge in [0.15, 0.2) is 0 Å². The third-order valence-electron chi connectivity index (χ3n) is 3.97. The Morgan fingerprint density at radius 2 is 2.27 bits per heavy atom. The molecule has 0 saturated carbocycles. The van der Waals surface area contributed by atoms with Crippen molar-refractivity contribution in [3.63, 3.8) is 0 Å². The van der Waals surface area contributed by atoms with E-state index in [4.69, 9.17) is 0 Å². The average molecular weight is 320 g/mol. The number of amides is 1. The average Bonchev–Trinajstić information content (AvgIpc) is 3.02. The van der Waals surface area contributed by atoms with Gasteiger partial charge in [0.2, 0.25) is 5.91 Å². The molecule has 1 aliphatic heterocycles. The van der Waals surface area contributed by atoms with Gasteiger partial charge in [-0.25, -0.2) is 0 Å². The predicted molar refractivity (Wildman–Crippen MR) is 81.8 cm³/mol. The van der Waals surface area contributed by atoms with Gasteiger partial charge in [-0.2, -0.15) is 5.10 Å².